The van der Waals surface area contributed by atoms with Crippen molar-refractivity contribution in [1.82, 2.24) is 5.32 Å². The number of benzene rings is 2. The third kappa shape index (κ3) is 5.77. The van der Waals surface area contributed by atoms with Crippen molar-refractivity contribution in [3.8, 4) is 5.75 Å². The summed E-state index contributed by atoms with van der Waals surface area (Å²) >= 11 is 0. The monoisotopic (exact) mass is 376 g/mol. The number of hydrogen-bond acceptors (Lipinski definition) is 3. The van der Waals surface area contributed by atoms with E-state index in [2.05, 4.69) is 10.6 Å². The van der Waals surface area contributed by atoms with Gasteiger partial charge in [-0.1, -0.05) is 26.0 Å². The molecule has 0 saturated carbocycles. The van der Waals surface area contributed by atoms with Crippen molar-refractivity contribution >= 4 is 17.5 Å². The van der Waals surface area contributed by atoms with Gasteiger partial charge in [0.1, 0.15) is 5.75 Å². The van der Waals surface area contributed by atoms with Crippen LogP contribution in [-0.4, -0.2) is 24.5 Å². The summed E-state index contributed by atoms with van der Waals surface area (Å²) in [5, 5.41) is 5.43. The fourth-order valence-electron chi connectivity index (χ4n) is 2.22. The molecule has 1 atom stereocenters. The molecule has 0 fully saturated rings. The SMILES string of the molecule is CC(C)CNC(=O)c1ccccc1NC(=O)C(C)Oc1ccc(F)c(F)c1. The van der Waals surface area contributed by atoms with Crippen molar-refractivity contribution in [2.75, 3.05) is 11.9 Å². The summed E-state index contributed by atoms with van der Waals surface area (Å²) in [5.41, 5.74) is 0.663. The molecular weight excluding hydrogens is 354 g/mol. The number of hydrogen-bond donors (Lipinski definition) is 2. The third-order valence-corrected chi connectivity index (χ3v) is 3.67. The molecule has 0 bridgehead atoms. The minimum Gasteiger partial charge on any atom is -0.481 e. The van der Waals surface area contributed by atoms with E-state index < -0.39 is 23.6 Å². The van der Waals surface area contributed by atoms with E-state index in [-0.39, 0.29) is 11.7 Å². The average Bonchev–Trinajstić information content (AvgIpc) is 2.63. The van der Waals surface area contributed by atoms with Gasteiger partial charge < -0.3 is 15.4 Å². The second-order valence-electron chi connectivity index (χ2n) is 6.47. The van der Waals surface area contributed by atoms with E-state index in [1.54, 1.807) is 24.3 Å². The first-order valence-corrected chi connectivity index (χ1v) is 8.57. The summed E-state index contributed by atoms with van der Waals surface area (Å²) < 4.78 is 31.6. The van der Waals surface area contributed by atoms with E-state index >= 15 is 0 Å². The molecule has 2 aromatic carbocycles. The maximum atomic E-state index is 13.2. The van der Waals surface area contributed by atoms with Gasteiger partial charge in [-0.15, -0.1) is 0 Å². The molecule has 5 nitrogen and oxygen atoms in total. The molecule has 2 aromatic rings. The van der Waals surface area contributed by atoms with Crippen molar-refractivity contribution in [2.24, 2.45) is 5.92 Å². The van der Waals surface area contributed by atoms with Gasteiger partial charge in [0.15, 0.2) is 17.7 Å². The van der Waals surface area contributed by atoms with Crippen molar-refractivity contribution in [3.63, 3.8) is 0 Å². The zero-order chi connectivity index (χ0) is 20.0. The molecule has 2 N–H and O–H groups in total. The molecule has 2 rings (SSSR count). The molecule has 0 heterocycles. The van der Waals surface area contributed by atoms with Gasteiger partial charge in [-0.2, -0.15) is 0 Å². The lowest BCUT2D eigenvalue weighted by molar-refractivity contribution is -0.122. The van der Waals surface area contributed by atoms with E-state index in [1.165, 1.54) is 13.0 Å². The predicted molar refractivity (Wildman–Crippen MR) is 98.7 cm³/mol. The zero-order valence-corrected chi connectivity index (χ0v) is 15.4. The molecule has 0 aliphatic carbocycles. The lowest BCUT2D eigenvalue weighted by atomic mass is 10.1. The Bertz CT molecular complexity index is 825. The Kier molecular flexibility index (Phi) is 6.87. The lowest BCUT2D eigenvalue weighted by Gasteiger charge is -2.17. The summed E-state index contributed by atoms with van der Waals surface area (Å²) in [5.74, 6) is -2.56. The summed E-state index contributed by atoms with van der Waals surface area (Å²) in [6.07, 6.45) is -0.985. The quantitative estimate of drug-likeness (QED) is 0.773. The number of halogens is 2. The van der Waals surface area contributed by atoms with Gasteiger partial charge >= 0.3 is 0 Å². The van der Waals surface area contributed by atoms with Crippen molar-refractivity contribution in [3.05, 3.63) is 59.7 Å². The number of para-hydroxylation sites is 1. The Morgan fingerprint density at radius 1 is 1.04 bits per heavy atom. The van der Waals surface area contributed by atoms with Crippen LogP contribution in [0.5, 0.6) is 5.75 Å². The van der Waals surface area contributed by atoms with Crippen LogP contribution in [0.25, 0.3) is 0 Å². The van der Waals surface area contributed by atoms with Crippen LogP contribution in [0.15, 0.2) is 42.5 Å². The number of carbonyl (C=O) groups excluding carboxylic acids is 2. The van der Waals surface area contributed by atoms with Crippen LogP contribution in [0.4, 0.5) is 14.5 Å². The first-order chi connectivity index (χ1) is 12.8. The minimum absolute atomic E-state index is 0.0273. The highest BCUT2D eigenvalue weighted by molar-refractivity contribution is 6.04. The molecule has 144 valence electrons. The largest absolute Gasteiger partial charge is 0.481 e. The highest BCUT2D eigenvalue weighted by Gasteiger charge is 2.19. The Labute approximate surface area is 156 Å². The van der Waals surface area contributed by atoms with E-state index in [1.807, 2.05) is 13.8 Å². The molecule has 0 spiro atoms. The van der Waals surface area contributed by atoms with E-state index in [4.69, 9.17) is 4.74 Å². The fourth-order valence-corrected chi connectivity index (χ4v) is 2.22. The second-order valence-corrected chi connectivity index (χ2v) is 6.47. The van der Waals surface area contributed by atoms with Crippen LogP contribution >= 0.6 is 0 Å². The van der Waals surface area contributed by atoms with Crippen LogP contribution in [0.3, 0.4) is 0 Å². The molecule has 27 heavy (non-hydrogen) atoms. The van der Waals surface area contributed by atoms with Gasteiger partial charge in [-0.25, -0.2) is 8.78 Å². The lowest BCUT2D eigenvalue weighted by Crippen LogP contribution is -2.32. The van der Waals surface area contributed by atoms with Gasteiger partial charge in [0.05, 0.1) is 11.3 Å². The molecular formula is C20H22F2N2O3. The van der Waals surface area contributed by atoms with Crippen LogP contribution in [0, 0.1) is 17.6 Å². The summed E-state index contributed by atoms with van der Waals surface area (Å²) in [6.45, 7) is 5.94. The Balaban J connectivity index is 2.06. The predicted octanol–water partition coefficient (Wildman–Crippen LogP) is 3.76. The maximum Gasteiger partial charge on any atom is 0.265 e. The van der Waals surface area contributed by atoms with Crippen LogP contribution in [0.2, 0.25) is 0 Å². The Morgan fingerprint density at radius 2 is 1.74 bits per heavy atom. The van der Waals surface area contributed by atoms with Crippen LogP contribution in [0.1, 0.15) is 31.1 Å². The van der Waals surface area contributed by atoms with E-state index in [0.717, 1.165) is 12.1 Å². The normalized spacial score (nSPS) is 11.8. The van der Waals surface area contributed by atoms with Gasteiger partial charge in [0.25, 0.3) is 11.8 Å². The minimum atomic E-state index is -1.06. The number of amides is 2. The maximum absolute atomic E-state index is 13.2. The van der Waals surface area contributed by atoms with Crippen molar-refractivity contribution < 1.29 is 23.1 Å². The molecule has 2 amide bonds. The fraction of sp³-hybridized carbons (Fsp3) is 0.300. The number of rotatable bonds is 7. The molecule has 0 aliphatic heterocycles. The van der Waals surface area contributed by atoms with E-state index in [9.17, 15) is 18.4 Å². The first-order valence-electron chi connectivity index (χ1n) is 8.57. The third-order valence-electron chi connectivity index (χ3n) is 3.67. The zero-order valence-electron chi connectivity index (χ0n) is 15.4. The topological polar surface area (TPSA) is 67.4 Å². The van der Waals surface area contributed by atoms with Crippen LogP contribution < -0.4 is 15.4 Å². The summed E-state index contributed by atoms with van der Waals surface area (Å²) in [7, 11) is 0. The highest BCUT2D eigenvalue weighted by Crippen LogP contribution is 2.19. The molecule has 0 saturated heterocycles. The van der Waals surface area contributed by atoms with Gasteiger partial charge in [0, 0.05) is 12.6 Å². The molecule has 1 unspecified atom stereocenters. The summed E-state index contributed by atoms with van der Waals surface area (Å²) in [6, 6.07) is 9.61. The number of ether oxygens (including phenoxy) is 1. The number of nitrogens with one attached hydrogen (secondary N) is 2. The highest BCUT2D eigenvalue weighted by atomic mass is 19.2. The van der Waals surface area contributed by atoms with Crippen LogP contribution in [-0.2, 0) is 4.79 Å². The molecule has 0 radical (unpaired) electrons. The number of anilines is 1. The van der Waals surface area contributed by atoms with Crippen molar-refractivity contribution in [2.45, 2.75) is 26.9 Å². The first kappa shape index (κ1) is 20.4. The van der Waals surface area contributed by atoms with Crippen molar-refractivity contribution in [1.29, 1.82) is 0 Å². The number of carbonyl (C=O) groups is 2. The van der Waals surface area contributed by atoms with Gasteiger partial charge in [0.2, 0.25) is 0 Å². The summed E-state index contributed by atoms with van der Waals surface area (Å²) in [4.78, 5) is 24.7. The Morgan fingerprint density at radius 3 is 2.41 bits per heavy atom. The molecule has 0 aliphatic rings. The molecule has 0 aromatic heterocycles. The van der Waals surface area contributed by atoms with Gasteiger partial charge in [-0.3, -0.25) is 9.59 Å². The molecule has 7 heteroatoms. The standard InChI is InChI=1S/C20H22F2N2O3/c1-12(2)11-23-20(26)15-6-4-5-7-18(15)24-19(25)13(3)27-14-8-9-16(21)17(22)10-14/h4-10,12-13H,11H2,1-3H3,(H,23,26)(H,24,25). The second kappa shape index (κ2) is 9.12. The average molecular weight is 376 g/mol. The smallest absolute Gasteiger partial charge is 0.265 e. The van der Waals surface area contributed by atoms with E-state index in [0.29, 0.717) is 23.7 Å². The van der Waals surface area contributed by atoms with Gasteiger partial charge in [-0.05, 0) is 37.1 Å². The Hall–Kier alpha value is -2.96.